The Labute approximate surface area is 179 Å². The smallest absolute Gasteiger partial charge is 0.328 e. The molecule has 176 valence electrons. The Kier molecular flexibility index (Phi) is 9.81. The molecule has 0 aromatic heterocycles. The number of primary amides is 1. The first-order valence-electron chi connectivity index (χ1n) is 9.90. The number of carboxylic acids is 1. The van der Waals surface area contributed by atoms with Crippen LogP contribution >= 0.6 is 0 Å². The second kappa shape index (κ2) is 11.6. The van der Waals surface area contributed by atoms with Gasteiger partial charge in [-0.15, -0.1) is 0 Å². The summed E-state index contributed by atoms with van der Waals surface area (Å²) in [7, 11) is 0. The summed E-state index contributed by atoms with van der Waals surface area (Å²) < 4.78 is 0. The van der Waals surface area contributed by atoms with Gasteiger partial charge >= 0.3 is 5.97 Å². The Hall–Kier alpha value is -2.77. The molecule has 31 heavy (non-hydrogen) atoms. The van der Waals surface area contributed by atoms with Crippen LogP contribution in [-0.2, 0) is 24.0 Å². The van der Waals surface area contributed by atoms with Gasteiger partial charge in [-0.3, -0.25) is 19.2 Å². The number of nitrogens with one attached hydrogen (secondary N) is 2. The van der Waals surface area contributed by atoms with Crippen LogP contribution in [0.4, 0.5) is 0 Å². The maximum absolute atomic E-state index is 12.8. The number of nitrogens with zero attached hydrogens (tertiary/aromatic N) is 1. The molecule has 0 radical (unpaired) electrons. The predicted molar refractivity (Wildman–Crippen MR) is 106 cm³/mol. The first kappa shape index (κ1) is 26.3. The van der Waals surface area contributed by atoms with E-state index in [2.05, 4.69) is 10.6 Å². The minimum atomic E-state index is -1.63. The third kappa shape index (κ3) is 7.45. The molecular formula is C18H31N5O8. The summed E-state index contributed by atoms with van der Waals surface area (Å²) in [5, 5.41) is 32.8. The fourth-order valence-corrected chi connectivity index (χ4v) is 3.17. The van der Waals surface area contributed by atoms with Gasteiger partial charge in [0.2, 0.25) is 23.6 Å². The van der Waals surface area contributed by atoms with Crippen molar-refractivity contribution in [3.8, 4) is 0 Å². The summed E-state index contributed by atoms with van der Waals surface area (Å²) in [4.78, 5) is 61.4. The van der Waals surface area contributed by atoms with Gasteiger partial charge in [0.15, 0.2) is 6.04 Å². The molecule has 6 unspecified atom stereocenters. The van der Waals surface area contributed by atoms with Gasteiger partial charge in [0, 0.05) is 13.0 Å². The van der Waals surface area contributed by atoms with E-state index in [1.54, 1.807) is 0 Å². The molecule has 1 saturated heterocycles. The van der Waals surface area contributed by atoms with Gasteiger partial charge < -0.3 is 42.3 Å². The average Bonchev–Trinajstić information content (AvgIpc) is 3.16. The van der Waals surface area contributed by atoms with E-state index in [9.17, 15) is 34.2 Å². The Balaban J connectivity index is 2.96. The Morgan fingerprint density at radius 1 is 1.10 bits per heavy atom. The highest BCUT2D eigenvalue weighted by Crippen LogP contribution is 2.19. The van der Waals surface area contributed by atoms with Crippen molar-refractivity contribution in [2.45, 2.75) is 75.9 Å². The molecule has 4 amide bonds. The molecular weight excluding hydrogens is 414 g/mol. The summed E-state index contributed by atoms with van der Waals surface area (Å²) in [5.74, 6) is -4.47. The van der Waals surface area contributed by atoms with Gasteiger partial charge in [-0.05, 0) is 33.1 Å². The van der Waals surface area contributed by atoms with Crippen molar-refractivity contribution in [1.29, 1.82) is 0 Å². The van der Waals surface area contributed by atoms with E-state index in [-0.39, 0.29) is 19.4 Å². The summed E-state index contributed by atoms with van der Waals surface area (Å²) in [6, 6.07) is -5.13. The topological polar surface area (TPSA) is 225 Å². The average molecular weight is 445 g/mol. The van der Waals surface area contributed by atoms with Gasteiger partial charge in [0.1, 0.15) is 18.1 Å². The number of amides is 4. The van der Waals surface area contributed by atoms with Crippen molar-refractivity contribution in [3.05, 3.63) is 0 Å². The minimum Gasteiger partial charge on any atom is -0.480 e. The van der Waals surface area contributed by atoms with Crippen molar-refractivity contribution in [2.75, 3.05) is 6.54 Å². The molecule has 9 N–H and O–H groups in total. The number of likely N-dealkylation sites (tertiary alicyclic amines) is 1. The maximum atomic E-state index is 12.8. The number of hydrogen-bond donors (Lipinski definition) is 7. The third-order valence-corrected chi connectivity index (χ3v) is 5.00. The maximum Gasteiger partial charge on any atom is 0.328 e. The van der Waals surface area contributed by atoms with Gasteiger partial charge in [0.05, 0.1) is 12.2 Å². The lowest BCUT2D eigenvalue weighted by Gasteiger charge is -2.29. The molecule has 1 aliphatic rings. The molecule has 6 atom stereocenters. The van der Waals surface area contributed by atoms with Crippen LogP contribution in [-0.4, -0.2) is 92.7 Å². The van der Waals surface area contributed by atoms with Crippen LogP contribution in [0.2, 0.25) is 0 Å². The predicted octanol–water partition coefficient (Wildman–Crippen LogP) is -3.61. The Bertz CT molecular complexity index is 698. The normalized spacial score (nSPS) is 20.8. The number of carbonyl (C=O) groups is 5. The van der Waals surface area contributed by atoms with Gasteiger partial charge in [-0.2, -0.15) is 0 Å². The van der Waals surface area contributed by atoms with Crippen molar-refractivity contribution >= 4 is 29.6 Å². The Morgan fingerprint density at radius 3 is 2.19 bits per heavy atom. The number of aliphatic hydroxyl groups is 2. The fraction of sp³-hybridized carbons (Fsp3) is 0.722. The quantitative estimate of drug-likeness (QED) is 0.166. The molecule has 0 bridgehead atoms. The molecule has 0 aromatic carbocycles. The van der Waals surface area contributed by atoms with E-state index in [0.29, 0.717) is 12.8 Å². The van der Waals surface area contributed by atoms with Crippen LogP contribution < -0.4 is 22.1 Å². The van der Waals surface area contributed by atoms with Crippen LogP contribution in [0.3, 0.4) is 0 Å². The molecule has 1 fully saturated rings. The fourth-order valence-electron chi connectivity index (χ4n) is 3.17. The zero-order chi connectivity index (χ0) is 23.9. The standard InChI is InChI=1S/C18H31N5O8/c1-8(24)13(20)17(29)23-7-3-4-11(23)16(28)21-10(5-6-12(19)26)15(27)22-14(9(2)25)18(30)31/h8-11,13-14,24-25H,3-7,20H2,1-2H3,(H2,19,26)(H,21,28)(H,22,27)(H,30,31). The van der Waals surface area contributed by atoms with E-state index in [4.69, 9.17) is 16.6 Å². The van der Waals surface area contributed by atoms with Crippen molar-refractivity contribution < 1.29 is 39.3 Å². The monoisotopic (exact) mass is 445 g/mol. The lowest BCUT2D eigenvalue weighted by atomic mass is 10.1. The van der Waals surface area contributed by atoms with Crippen molar-refractivity contribution in [1.82, 2.24) is 15.5 Å². The van der Waals surface area contributed by atoms with Gasteiger partial charge in [-0.1, -0.05) is 0 Å². The zero-order valence-electron chi connectivity index (χ0n) is 17.5. The lowest BCUT2D eigenvalue weighted by Crippen LogP contribution is -2.58. The third-order valence-electron chi connectivity index (χ3n) is 5.00. The number of nitrogens with two attached hydrogens (primary N) is 2. The van der Waals surface area contributed by atoms with E-state index in [0.717, 1.165) is 0 Å². The largest absolute Gasteiger partial charge is 0.480 e. The molecule has 13 nitrogen and oxygen atoms in total. The highest BCUT2D eigenvalue weighted by atomic mass is 16.4. The second-order valence-corrected chi connectivity index (χ2v) is 7.59. The van der Waals surface area contributed by atoms with Crippen LogP contribution in [0.15, 0.2) is 0 Å². The number of carbonyl (C=O) groups excluding carboxylic acids is 4. The summed E-state index contributed by atoms with van der Waals surface area (Å²) in [6.45, 7) is 2.75. The first-order valence-corrected chi connectivity index (χ1v) is 9.90. The molecule has 13 heteroatoms. The molecule has 1 heterocycles. The molecule has 0 saturated carbocycles. The SMILES string of the molecule is CC(O)C(N)C(=O)N1CCCC1C(=O)NC(CCC(N)=O)C(=O)NC(C(=O)O)C(C)O. The number of aliphatic hydroxyl groups excluding tert-OH is 2. The van der Waals surface area contributed by atoms with Crippen LogP contribution in [0.25, 0.3) is 0 Å². The number of hydrogen-bond acceptors (Lipinski definition) is 8. The van der Waals surface area contributed by atoms with E-state index < -0.39 is 66.0 Å². The zero-order valence-corrected chi connectivity index (χ0v) is 17.5. The van der Waals surface area contributed by atoms with E-state index in [1.807, 2.05) is 0 Å². The number of aliphatic carboxylic acids is 1. The second-order valence-electron chi connectivity index (χ2n) is 7.59. The molecule has 1 rings (SSSR count). The Morgan fingerprint density at radius 2 is 1.71 bits per heavy atom. The molecule has 0 aromatic rings. The number of carboxylic acid groups (broad SMARTS) is 1. The van der Waals surface area contributed by atoms with Crippen LogP contribution in [0.1, 0.15) is 39.5 Å². The highest BCUT2D eigenvalue weighted by Gasteiger charge is 2.39. The lowest BCUT2D eigenvalue weighted by molar-refractivity contribution is -0.146. The van der Waals surface area contributed by atoms with Gasteiger partial charge in [0.25, 0.3) is 0 Å². The summed E-state index contributed by atoms with van der Waals surface area (Å²) in [6.07, 6.45) is -2.24. The minimum absolute atomic E-state index is 0.215. The highest BCUT2D eigenvalue weighted by molar-refractivity contribution is 5.94. The van der Waals surface area contributed by atoms with Crippen molar-refractivity contribution in [2.24, 2.45) is 11.5 Å². The van der Waals surface area contributed by atoms with Crippen LogP contribution in [0.5, 0.6) is 0 Å². The number of rotatable bonds is 11. The first-order chi connectivity index (χ1) is 14.4. The van der Waals surface area contributed by atoms with Crippen LogP contribution in [0, 0.1) is 0 Å². The molecule has 1 aliphatic heterocycles. The molecule has 0 aliphatic carbocycles. The van der Waals surface area contributed by atoms with Crippen molar-refractivity contribution in [3.63, 3.8) is 0 Å². The van der Waals surface area contributed by atoms with E-state index >= 15 is 0 Å². The summed E-state index contributed by atoms with van der Waals surface area (Å²) in [5.41, 5.74) is 10.8. The van der Waals surface area contributed by atoms with Gasteiger partial charge in [-0.25, -0.2) is 4.79 Å². The molecule has 0 spiro atoms. The van der Waals surface area contributed by atoms with E-state index in [1.165, 1.54) is 18.7 Å². The summed E-state index contributed by atoms with van der Waals surface area (Å²) >= 11 is 0.